The molecule has 2 aromatic carbocycles. The van der Waals surface area contributed by atoms with Gasteiger partial charge in [0.1, 0.15) is 0 Å². The van der Waals surface area contributed by atoms with Crippen molar-refractivity contribution in [3.63, 3.8) is 0 Å². The molecule has 2 N–H and O–H groups in total. The highest BCUT2D eigenvalue weighted by atomic mass is 16.5. The third kappa shape index (κ3) is 4.65. The van der Waals surface area contributed by atoms with Crippen LogP contribution in [0.3, 0.4) is 0 Å². The molecule has 0 spiro atoms. The van der Waals surface area contributed by atoms with Gasteiger partial charge in [-0.1, -0.05) is 60.6 Å². The van der Waals surface area contributed by atoms with E-state index in [4.69, 9.17) is 10.3 Å². The maximum Gasteiger partial charge on any atom is 0.253 e. The van der Waals surface area contributed by atoms with Crippen LogP contribution in [0.4, 0.5) is 5.88 Å². The van der Waals surface area contributed by atoms with E-state index in [0.717, 1.165) is 11.3 Å². The number of benzene rings is 2. The Kier molecular flexibility index (Phi) is 5.89. The Balaban J connectivity index is 1.73. The van der Waals surface area contributed by atoms with Crippen molar-refractivity contribution in [2.24, 2.45) is 10.7 Å². The van der Waals surface area contributed by atoms with Crippen LogP contribution in [0.25, 0.3) is 0 Å². The average Bonchev–Trinajstić information content (AvgIpc) is 3.14. The summed E-state index contributed by atoms with van der Waals surface area (Å²) < 4.78 is 5.24. The van der Waals surface area contributed by atoms with Gasteiger partial charge in [0.15, 0.2) is 11.7 Å². The third-order valence-corrected chi connectivity index (χ3v) is 4.50. The number of carbonyl (C=O) groups excluding carboxylic acids is 1. The lowest BCUT2D eigenvalue weighted by molar-refractivity contribution is 0.103. The van der Waals surface area contributed by atoms with Gasteiger partial charge >= 0.3 is 0 Å². The molecule has 0 saturated heterocycles. The van der Waals surface area contributed by atoms with Gasteiger partial charge in [-0.2, -0.15) is 4.99 Å². The Labute approximate surface area is 164 Å². The fourth-order valence-corrected chi connectivity index (χ4v) is 2.84. The smallest absolute Gasteiger partial charge is 0.253 e. The SMILES string of the molecule is CC(Cc1cc(N=C(N)N(C)C)on1)c1cccc(C(=O)c2ccccc2)c1. The molecule has 1 unspecified atom stereocenters. The first kappa shape index (κ1) is 19.4. The number of hydrogen-bond donors (Lipinski definition) is 1. The fraction of sp³-hybridized carbons (Fsp3) is 0.227. The van der Waals surface area contributed by atoms with Crippen molar-refractivity contribution in [2.45, 2.75) is 19.3 Å². The van der Waals surface area contributed by atoms with Crippen LogP contribution < -0.4 is 5.73 Å². The minimum absolute atomic E-state index is 0.0203. The lowest BCUT2D eigenvalue weighted by Gasteiger charge is -2.11. The molecule has 0 radical (unpaired) electrons. The monoisotopic (exact) mass is 376 g/mol. The van der Waals surface area contributed by atoms with Gasteiger partial charge in [-0.15, -0.1) is 0 Å². The van der Waals surface area contributed by atoms with Crippen LogP contribution in [-0.4, -0.2) is 35.9 Å². The van der Waals surface area contributed by atoms with Crippen LogP contribution in [0.2, 0.25) is 0 Å². The Hall–Kier alpha value is -3.41. The molecule has 3 aromatic rings. The molecule has 0 fully saturated rings. The number of rotatable bonds is 6. The van der Waals surface area contributed by atoms with Gasteiger partial charge in [0.05, 0.1) is 5.69 Å². The molecule has 0 bridgehead atoms. The number of aliphatic imine (C=N–C) groups is 1. The van der Waals surface area contributed by atoms with E-state index >= 15 is 0 Å². The number of aromatic nitrogens is 1. The Bertz CT molecular complexity index is 977. The highest BCUT2D eigenvalue weighted by Gasteiger charge is 2.14. The van der Waals surface area contributed by atoms with E-state index in [1.807, 2.05) is 68.7 Å². The van der Waals surface area contributed by atoms with Gasteiger partial charge in [-0.25, -0.2) is 0 Å². The van der Waals surface area contributed by atoms with Crippen LogP contribution >= 0.6 is 0 Å². The van der Waals surface area contributed by atoms with Gasteiger partial charge in [0.25, 0.3) is 5.88 Å². The van der Waals surface area contributed by atoms with E-state index in [1.165, 1.54) is 0 Å². The molecule has 0 aliphatic rings. The molecule has 1 heterocycles. The van der Waals surface area contributed by atoms with E-state index in [0.29, 0.717) is 29.4 Å². The van der Waals surface area contributed by atoms with Crippen molar-refractivity contribution in [2.75, 3.05) is 14.1 Å². The van der Waals surface area contributed by atoms with Crippen LogP contribution in [0.5, 0.6) is 0 Å². The first-order valence-corrected chi connectivity index (χ1v) is 9.11. The van der Waals surface area contributed by atoms with Gasteiger partial charge in [0, 0.05) is 31.3 Å². The number of nitrogens with two attached hydrogens (primary N) is 1. The Morgan fingerprint density at radius 2 is 1.82 bits per heavy atom. The summed E-state index contributed by atoms with van der Waals surface area (Å²) in [6, 6.07) is 18.8. The highest BCUT2D eigenvalue weighted by Crippen LogP contribution is 2.24. The van der Waals surface area contributed by atoms with E-state index in [-0.39, 0.29) is 11.7 Å². The summed E-state index contributed by atoms with van der Waals surface area (Å²) >= 11 is 0. The van der Waals surface area contributed by atoms with Gasteiger partial charge < -0.3 is 15.2 Å². The normalized spacial score (nSPS) is 12.6. The molecule has 1 aromatic heterocycles. The molecular formula is C22H24N4O2. The van der Waals surface area contributed by atoms with E-state index in [1.54, 1.807) is 11.0 Å². The number of carbonyl (C=O) groups is 1. The van der Waals surface area contributed by atoms with Crippen molar-refractivity contribution < 1.29 is 9.32 Å². The molecular weight excluding hydrogens is 352 g/mol. The Morgan fingerprint density at radius 1 is 1.11 bits per heavy atom. The van der Waals surface area contributed by atoms with Gasteiger partial charge in [-0.3, -0.25) is 4.79 Å². The van der Waals surface area contributed by atoms with Crippen molar-refractivity contribution in [1.82, 2.24) is 10.1 Å². The summed E-state index contributed by atoms with van der Waals surface area (Å²) in [4.78, 5) is 18.6. The van der Waals surface area contributed by atoms with E-state index < -0.39 is 0 Å². The molecule has 1 atom stereocenters. The minimum Gasteiger partial charge on any atom is -0.369 e. The fourth-order valence-electron chi connectivity index (χ4n) is 2.84. The van der Waals surface area contributed by atoms with E-state index in [2.05, 4.69) is 17.1 Å². The highest BCUT2D eigenvalue weighted by molar-refractivity contribution is 6.09. The first-order chi connectivity index (χ1) is 13.4. The lowest BCUT2D eigenvalue weighted by atomic mass is 9.93. The quantitative estimate of drug-likeness (QED) is 0.402. The predicted octanol–water partition coefficient (Wildman–Crippen LogP) is 3.76. The zero-order valence-corrected chi connectivity index (χ0v) is 16.3. The van der Waals surface area contributed by atoms with Crippen molar-refractivity contribution in [3.8, 4) is 0 Å². The first-order valence-electron chi connectivity index (χ1n) is 9.11. The summed E-state index contributed by atoms with van der Waals surface area (Å²) in [6.07, 6.45) is 0.671. The van der Waals surface area contributed by atoms with Crippen molar-refractivity contribution in [3.05, 3.63) is 83.0 Å². The third-order valence-electron chi connectivity index (χ3n) is 4.50. The Morgan fingerprint density at radius 3 is 2.54 bits per heavy atom. The zero-order valence-electron chi connectivity index (χ0n) is 16.3. The van der Waals surface area contributed by atoms with Crippen LogP contribution in [0, 0.1) is 0 Å². The second kappa shape index (κ2) is 8.52. The summed E-state index contributed by atoms with van der Waals surface area (Å²) in [5.74, 6) is 0.910. The van der Waals surface area contributed by atoms with Crippen LogP contribution in [0.1, 0.15) is 40.0 Å². The number of nitrogens with zero attached hydrogens (tertiary/aromatic N) is 3. The largest absolute Gasteiger partial charge is 0.369 e. The lowest BCUT2D eigenvalue weighted by Crippen LogP contribution is -2.29. The van der Waals surface area contributed by atoms with Gasteiger partial charge in [0.2, 0.25) is 0 Å². The molecule has 0 aliphatic heterocycles. The van der Waals surface area contributed by atoms with Crippen LogP contribution in [-0.2, 0) is 6.42 Å². The molecule has 3 rings (SSSR count). The van der Waals surface area contributed by atoms with E-state index in [9.17, 15) is 4.79 Å². The number of hydrogen-bond acceptors (Lipinski definition) is 4. The summed E-state index contributed by atoms with van der Waals surface area (Å²) in [7, 11) is 3.61. The molecule has 28 heavy (non-hydrogen) atoms. The van der Waals surface area contributed by atoms with Gasteiger partial charge in [-0.05, 0) is 24.0 Å². The maximum atomic E-state index is 12.7. The molecule has 0 saturated carbocycles. The zero-order chi connectivity index (χ0) is 20.1. The summed E-state index contributed by atoms with van der Waals surface area (Å²) in [5, 5.41) is 4.08. The average molecular weight is 376 g/mol. The standard InChI is InChI=1S/C22H24N4O2/c1-15(12-19-14-20(28-25-19)24-22(23)26(2)3)17-10-7-11-18(13-17)21(27)16-8-5-4-6-9-16/h4-11,13-15H,12H2,1-3H3,(H2,23,24). The second-order valence-electron chi connectivity index (χ2n) is 6.95. The number of ketones is 1. The molecule has 0 amide bonds. The molecule has 6 nitrogen and oxygen atoms in total. The molecule has 6 heteroatoms. The van der Waals surface area contributed by atoms with Crippen molar-refractivity contribution in [1.29, 1.82) is 0 Å². The minimum atomic E-state index is 0.0203. The maximum absolute atomic E-state index is 12.7. The van der Waals surface area contributed by atoms with Crippen LogP contribution in [0.15, 0.2) is 70.2 Å². The molecule has 0 aliphatic carbocycles. The predicted molar refractivity (Wildman–Crippen MR) is 110 cm³/mol. The molecule has 144 valence electrons. The second-order valence-corrected chi connectivity index (χ2v) is 6.95. The summed E-state index contributed by atoms with van der Waals surface area (Å²) in [6.45, 7) is 2.10. The summed E-state index contributed by atoms with van der Waals surface area (Å²) in [5.41, 5.74) is 9.03. The van der Waals surface area contributed by atoms with Crippen molar-refractivity contribution >= 4 is 17.6 Å². The topological polar surface area (TPSA) is 84.7 Å². The number of guanidine groups is 1.